The zero-order valence-corrected chi connectivity index (χ0v) is 19.7. The van der Waals surface area contributed by atoms with Crippen molar-refractivity contribution in [1.82, 2.24) is 15.0 Å². The fraction of sp³-hybridized carbons (Fsp3) is 0.375. The number of halogens is 1. The maximum Gasteiger partial charge on any atom is 0.308 e. The Balaban J connectivity index is 1.62. The first-order valence-electron chi connectivity index (χ1n) is 10.6. The Hall–Kier alpha value is -2.44. The van der Waals surface area contributed by atoms with Crippen molar-refractivity contribution in [3.05, 3.63) is 44.8 Å². The molecule has 1 aliphatic carbocycles. The molecule has 1 N–H and O–H groups in total. The number of nitrogens with one attached hydrogen (secondary N) is 1. The van der Waals surface area contributed by atoms with Crippen LogP contribution in [0.25, 0.3) is 11.2 Å². The summed E-state index contributed by atoms with van der Waals surface area (Å²) in [6, 6.07) is 8.07. The normalized spacial score (nSPS) is 18.1. The first kappa shape index (κ1) is 20.5. The predicted octanol–water partition coefficient (Wildman–Crippen LogP) is 5.29. The van der Waals surface area contributed by atoms with Crippen LogP contribution in [0.2, 0.25) is 0 Å². The van der Waals surface area contributed by atoms with Crippen molar-refractivity contribution in [3.63, 3.8) is 0 Å². The fourth-order valence-corrected chi connectivity index (χ4v) is 4.56. The summed E-state index contributed by atoms with van der Waals surface area (Å²) in [7, 11) is 0. The number of imidazole rings is 1. The van der Waals surface area contributed by atoms with E-state index >= 15 is 0 Å². The summed E-state index contributed by atoms with van der Waals surface area (Å²) in [5.41, 5.74) is 4.61. The quantitative estimate of drug-likeness (QED) is 0.371. The summed E-state index contributed by atoms with van der Waals surface area (Å²) in [6.07, 6.45) is 4.26. The molecule has 0 radical (unpaired) electrons. The minimum atomic E-state index is -0.285. The summed E-state index contributed by atoms with van der Waals surface area (Å²) in [5.74, 6) is 6.98. The molecule has 31 heavy (non-hydrogen) atoms. The van der Waals surface area contributed by atoms with E-state index < -0.39 is 0 Å². The summed E-state index contributed by atoms with van der Waals surface area (Å²) in [6.45, 7) is 4.50. The van der Waals surface area contributed by atoms with E-state index in [2.05, 4.69) is 63.5 Å². The highest BCUT2D eigenvalue weighted by Gasteiger charge is 2.31. The summed E-state index contributed by atoms with van der Waals surface area (Å²) in [5, 5.41) is 0. The van der Waals surface area contributed by atoms with Gasteiger partial charge in [0.05, 0.1) is 11.2 Å². The number of pyridine rings is 1. The summed E-state index contributed by atoms with van der Waals surface area (Å²) < 4.78 is 6.96. The third-order valence-electron chi connectivity index (χ3n) is 5.81. The van der Waals surface area contributed by atoms with Crippen molar-refractivity contribution in [2.45, 2.75) is 51.6 Å². The standard InChI is InChI=1S/C24H23IN4O2/c1-3-5-22(30)29(19-12-14(2)17(25)13-16(19)15-7-8-15)21-10-9-18-23(27-21)28-24(26-18)20-6-4-11-31-20/h9-10,12-13,15,20H,4,6-8,11H2,1-2H3,(H,26,27,28). The Bertz CT molecular complexity index is 1230. The van der Waals surface area contributed by atoms with Crippen molar-refractivity contribution < 1.29 is 9.53 Å². The Labute approximate surface area is 194 Å². The molecule has 5 rings (SSSR count). The fourth-order valence-electron chi connectivity index (χ4n) is 4.07. The summed E-state index contributed by atoms with van der Waals surface area (Å²) in [4.78, 5) is 27.5. The van der Waals surface area contributed by atoms with Crippen LogP contribution in [0.5, 0.6) is 0 Å². The predicted molar refractivity (Wildman–Crippen MR) is 128 cm³/mol. The molecule has 1 atom stereocenters. The van der Waals surface area contributed by atoms with Crippen LogP contribution >= 0.6 is 22.6 Å². The van der Waals surface area contributed by atoms with Crippen LogP contribution in [0.15, 0.2) is 24.3 Å². The van der Waals surface area contributed by atoms with Gasteiger partial charge in [-0.1, -0.05) is 5.92 Å². The van der Waals surface area contributed by atoms with Gasteiger partial charge in [-0.15, -0.1) is 0 Å². The zero-order chi connectivity index (χ0) is 21.5. The number of aromatic nitrogens is 3. The van der Waals surface area contributed by atoms with E-state index in [-0.39, 0.29) is 12.0 Å². The molecule has 3 heterocycles. The van der Waals surface area contributed by atoms with E-state index in [0.717, 1.165) is 54.9 Å². The molecule has 1 saturated heterocycles. The second-order valence-corrected chi connectivity index (χ2v) is 9.28. The average molecular weight is 526 g/mol. The van der Waals surface area contributed by atoms with Crippen molar-refractivity contribution in [1.29, 1.82) is 0 Å². The van der Waals surface area contributed by atoms with Crippen molar-refractivity contribution in [3.8, 4) is 11.8 Å². The number of ether oxygens (including phenoxy) is 1. The van der Waals surface area contributed by atoms with Crippen molar-refractivity contribution in [2.75, 3.05) is 11.5 Å². The number of rotatable bonds is 4. The van der Waals surface area contributed by atoms with Gasteiger partial charge in [0, 0.05) is 10.2 Å². The highest BCUT2D eigenvalue weighted by atomic mass is 127. The van der Waals surface area contributed by atoms with Crippen molar-refractivity contribution in [2.24, 2.45) is 0 Å². The Morgan fingerprint density at radius 3 is 2.81 bits per heavy atom. The van der Waals surface area contributed by atoms with Crippen LogP contribution in [0.3, 0.4) is 0 Å². The molecule has 7 heteroatoms. The van der Waals surface area contributed by atoms with Crippen LogP contribution in [-0.2, 0) is 9.53 Å². The smallest absolute Gasteiger partial charge is 0.308 e. The molecule has 158 valence electrons. The van der Waals surface area contributed by atoms with E-state index in [1.807, 2.05) is 12.1 Å². The molecule has 2 aliphatic rings. The molecule has 3 aromatic rings. The molecule has 1 saturated carbocycles. The monoisotopic (exact) mass is 526 g/mol. The van der Waals surface area contributed by atoms with Crippen LogP contribution in [-0.4, -0.2) is 27.5 Å². The van der Waals surface area contributed by atoms with E-state index in [1.165, 1.54) is 9.13 Å². The van der Waals surface area contributed by atoms with Gasteiger partial charge in [0.2, 0.25) is 0 Å². The summed E-state index contributed by atoms with van der Waals surface area (Å²) >= 11 is 2.36. The molecule has 0 spiro atoms. The number of aromatic amines is 1. The second-order valence-electron chi connectivity index (χ2n) is 8.11. The maximum atomic E-state index is 13.1. The average Bonchev–Trinajstić information content (AvgIpc) is 3.27. The first-order chi connectivity index (χ1) is 15.0. The molecule has 1 aromatic carbocycles. The lowest BCUT2D eigenvalue weighted by Crippen LogP contribution is -2.26. The molecular formula is C24H23IN4O2. The number of fused-ring (bicyclic) bond motifs is 1. The van der Waals surface area contributed by atoms with Gasteiger partial charge in [-0.3, -0.25) is 9.69 Å². The number of aryl methyl sites for hydroxylation is 1. The third-order valence-corrected chi connectivity index (χ3v) is 6.98. The number of carbonyl (C=O) groups excluding carboxylic acids is 1. The van der Waals surface area contributed by atoms with Crippen LogP contribution in [0.1, 0.15) is 61.6 Å². The number of amides is 1. The van der Waals surface area contributed by atoms with E-state index in [9.17, 15) is 4.79 Å². The number of hydrogen-bond donors (Lipinski definition) is 1. The van der Waals surface area contributed by atoms with Gasteiger partial charge in [-0.2, -0.15) is 0 Å². The molecular weight excluding hydrogens is 503 g/mol. The molecule has 2 aromatic heterocycles. The molecule has 0 bridgehead atoms. The molecule has 1 aliphatic heterocycles. The van der Waals surface area contributed by atoms with Gasteiger partial charge in [0.25, 0.3) is 0 Å². The van der Waals surface area contributed by atoms with Gasteiger partial charge < -0.3 is 9.72 Å². The number of anilines is 2. The van der Waals surface area contributed by atoms with Crippen molar-refractivity contribution >= 4 is 51.2 Å². The number of H-pyrrole nitrogens is 1. The highest BCUT2D eigenvalue weighted by molar-refractivity contribution is 14.1. The maximum absolute atomic E-state index is 13.1. The van der Waals surface area contributed by atoms with E-state index in [1.54, 1.807) is 11.8 Å². The van der Waals surface area contributed by atoms with Gasteiger partial charge in [0.15, 0.2) is 5.65 Å². The molecule has 1 amide bonds. The zero-order valence-electron chi connectivity index (χ0n) is 17.5. The lowest BCUT2D eigenvalue weighted by Gasteiger charge is -2.23. The van der Waals surface area contributed by atoms with E-state index in [0.29, 0.717) is 17.4 Å². The molecule has 6 nitrogen and oxygen atoms in total. The minimum Gasteiger partial charge on any atom is -0.370 e. The third kappa shape index (κ3) is 3.94. The highest BCUT2D eigenvalue weighted by Crippen LogP contribution is 2.46. The Kier molecular flexibility index (Phi) is 5.44. The number of hydrogen-bond acceptors (Lipinski definition) is 4. The molecule has 2 fully saturated rings. The van der Waals surface area contributed by atoms with E-state index in [4.69, 9.17) is 9.72 Å². The Morgan fingerprint density at radius 1 is 1.26 bits per heavy atom. The van der Waals surface area contributed by atoms with Gasteiger partial charge in [0.1, 0.15) is 17.7 Å². The second kappa shape index (κ2) is 8.24. The van der Waals surface area contributed by atoms with Crippen LogP contribution in [0.4, 0.5) is 11.5 Å². The SMILES string of the molecule is CC#CC(=O)N(c1ccc2[nH]c(C3CCCO3)nc2n1)c1cc(C)c(I)cc1C1CC1. The largest absolute Gasteiger partial charge is 0.370 e. The lowest BCUT2D eigenvalue weighted by molar-refractivity contribution is -0.112. The Morgan fingerprint density at radius 2 is 2.10 bits per heavy atom. The van der Waals surface area contributed by atoms with Crippen LogP contribution < -0.4 is 4.90 Å². The molecule has 1 unspecified atom stereocenters. The number of carbonyl (C=O) groups is 1. The lowest BCUT2D eigenvalue weighted by atomic mass is 10.0. The van der Waals surface area contributed by atoms with Crippen LogP contribution in [0, 0.1) is 22.3 Å². The van der Waals surface area contributed by atoms with Gasteiger partial charge >= 0.3 is 5.91 Å². The number of benzene rings is 1. The number of nitrogens with zero attached hydrogens (tertiary/aromatic N) is 3. The topological polar surface area (TPSA) is 71.1 Å². The first-order valence-corrected chi connectivity index (χ1v) is 11.7. The minimum absolute atomic E-state index is 0.0124. The van der Waals surface area contributed by atoms with Gasteiger partial charge in [-0.05, 0) is 109 Å². The van der Waals surface area contributed by atoms with Gasteiger partial charge in [-0.25, -0.2) is 9.97 Å².